The first-order chi connectivity index (χ1) is 16.4. The predicted molar refractivity (Wildman–Crippen MR) is 138 cm³/mol. The van der Waals surface area contributed by atoms with Crippen LogP contribution in [-0.4, -0.2) is 61.8 Å². The van der Waals surface area contributed by atoms with E-state index in [1.807, 2.05) is 6.92 Å². The van der Waals surface area contributed by atoms with E-state index in [0.717, 1.165) is 44.1 Å². The van der Waals surface area contributed by atoms with E-state index in [2.05, 4.69) is 27.7 Å². The quantitative estimate of drug-likeness (QED) is 0.371. The van der Waals surface area contributed by atoms with Crippen molar-refractivity contribution in [1.82, 2.24) is 0 Å². The topological polar surface area (TPSA) is 110 Å². The van der Waals surface area contributed by atoms with Crippen LogP contribution < -0.4 is 0 Å². The zero-order chi connectivity index (χ0) is 26.7. The Kier molecular flexibility index (Phi) is 6.03. The van der Waals surface area contributed by atoms with Crippen LogP contribution in [0.2, 0.25) is 0 Å². The zero-order valence-corrected chi connectivity index (χ0v) is 23.4. The van der Waals surface area contributed by atoms with Gasteiger partial charge < -0.3 is 30.3 Å². The second-order valence-electron chi connectivity index (χ2n) is 15.0. The minimum absolute atomic E-state index is 0.0433. The standard InChI is InChI=1S/C30H50O6/c1-17(14-21(32)24(33)26(4,5)34)18-8-10-27(6)19(18)15-20(31)23-28(27,7)11-9-22-25(2,3)30(35)13-12-29(22,23)16-36-30/h14,18-24,31-35H,8-13,15-16H2,1-7H3/b17-14+/t18-,19-,20-,21?,22+,23+,24?,27-,28-,29-,30+/m1/s1. The Labute approximate surface area is 217 Å². The molecule has 0 aromatic rings. The van der Waals surface area contributed by atoms with Crippen molar-refractivity contribution in [3.05, 3.63) is 11.6 Å². The van der Waals surface area contributed by atoms with E-state index in [0.29, 0.717) is 24.9 Å². The van der Waals surface area contributed by atoms with E-state index in [1.165, 1.54) is 13.8 Å². The molecule has 2 bridgehead atoms. The Morgan fingerprint density at radius 1 is 1.00 bits per heavy atom. The van der Waals surface area contributed by atoms with E-state index in [1.54, 1.807) is 6.08 Å². The van der Waals surface area contributed by atoms with E-state index in [-0.39, 0.29) is 33.5 Å². The Bertz CT molecular complexity index is 911. The summed E-state index contributed by atoms with van der Waals surface area (Å²) < 4.78 is 6.24. The fourth-order valence-electron chi connectivity index (χ4n) is 10.6. The molecular weight excluding hydrogens is 456 g/mol. The highest BCUT2D eigenvalue weighted by atomic mass is 16.6. The first-order valence-corrected chi connectivity index (χ1v) is 14.3. The molecule has 4 saturated carbocycles. The fourth-order valence-corrected chi connectivity index (χ4v) is 10.6. The Morgan fingerprint density at radius 3 is 2.22 bits per heavy atom. The van der Waals surface area contributed by atoms with Crippen molar-refractivity contribution in [2.45, 2.75) is 123 Å². The third-order valence-electron chi connectivity index (χ3n) is 12.9. The lowest BCUT2D eigenvalue weighted by Crippen LogP contribution is -2.75. The van der Waals surface area contributed by atoms with Crippen molar-refractivity contribution >= 4 is 0 Å². The Hall–Kier alpha value is -0.500. The highest BCUT2D eigenvalue weighted by Gasteiger charge is 2.75. The molecule has 36 heavy (non-hydrogen) atoms. The molecule has 2 saturated heterocycles. The lowest BCUT2D eigenvalue weighted by atomic mass is 9.33. The van der Waals surface area contributed by atoms with Gasteiger partial charge in [-0.3, -0.25) is 0 Å². The fraction of sp³-hybridized carbons (Fsp3) is 0.933. The summed E-state index contributed by atoms with van der Waals surface area (Å²) in [6.07, 6.45) is 5.37. The molecule has 0 radical (unpaired) electrons. The van der Waals surface area contributed by atoms with Gasteiger partial charge in [0.15, 0.2) is 5.79 Å². The molecule has 2 unspecified atom stereocenters. The summed E-state index contributed by atoms with van der Waals surface area (Å²) in [4.78, 5) is 0. The van der Waals surface area contributed by atoms with Crippen molar-refractivity contribution in [1.29, 1.82) is 0 Å². The highest BCUT2D eigenvalue weighted by Crippen LogP contribution is 2.77. The number of hydrogen-bond donors (Lipinski definition) is 5. The molecule has 5 N–H and O–H groups in total. The van der Waals surface area contributed by atoms with Gasteiger partial charge in [-0.25, -0.2) is 0 Å². The minimum Gasteiger partial charge on any atom is -0.393 e. The maximum absolute atomic E-state index is 11.9. The summed E-state index contributed by atoms with van der Waals surface area (Å²) in [6, 6.07) is 0. The second-order valence-corrected chi connectivity index (χ2v) is 15.0. The maximum atomic E-state index is 11.9. The van der Waals surface area contributed by atoms with Crippen LogP contribution in [0.4, 0.5) is 0 Å². The lowest BCUT2D eigenvalue weighted by molar-refractivity contribution is -0.404. The average molecular weight is 507 g/mol. The number of aliphatic hydroxyl groups excluding tert-OH is 3. The van der Waals surface area contributed by atoms with Crippen LogP contribution in [0, 0.1) is 45.3 Å². The maximum Gasteiger partial charge on any atom is 0.170 e. The van der Waals surface area contributed by atoms with Gasteiger partial charge in [0, 0.05) is 17.3 Å². The number of ether oxygens (including phenoxy) is 1. The third-order valence-corrected chi connectivity index (χ3v) is 12.9. The van der Waals surface area contributed by atoms with Crippen LogP contribution in [0.3, 0.4) is 0 Å². The molecule has 0 amide bonds. The summed E-state index contributed by atoms with van der Waals surface area (Å²) in [6.45, 7) is 14.8. The summed E-state index contributed by atoms with van der Waals surface area (Å²) in [5, 5.41) is 54.4. The molecule has 2 heterocycles. The normalized spacial score (nSPS) is 51.8. The summed E-state index contributed by atoms with van der Waals surface area (Å²) >= 11 is 0. The number of hydrogen-bond acceptors (Lipinski definition) is 6. The van der Waals surface area contributed by atoms with Gasteiger partial charge in [0.25, 0.3) is 0 Å². The van der Waals surface area contributed by atoms with Crippen LogP contribution >= 0.6 is 0 Å². The van der Waals surface area contributed by atoms with Crippen LogP contribution in [0.25, 0.3) is 0 Å². The molecule has 0 aromatic heterocycles. The lowest BCUT2D eigenvalue weighted by Gasteiger charge is -2.74. The summed E-state index contributed by atoms with van der Waals surface area (Å²) in [7, 11) is 0. The summed E-state index contributed by atoms with van der Waals surface area (Å²) in [5.74, 6) is -0.0598. The molecule has 6 nitrogen and oxygen atoms in total. The Balaban J connectivity index is 1.47. The van der Waals surface area contributed by atoms with Gasteiger partial charge in [-0.05, 0) is 93.8 Å². The molecule has 0 aromatic carbocycles. The van der Waals surface area contributed by atoms with Gasteiger partial charge in [-0.15, -0.1) is 0 Å². The molecule has 206 valence electrons. The van der Waals surface area contributed by atoms with Gasteiger partial charge in [-0.2, -0.15) is 0 Å². The monoisotopic (exact) mass is 506 g/mol. The number of allylic oxidation sites excluding steroid dienone is 1. The molecule has 6 rings (SSSR count). The number of fused-ring (bicyclic) bond motifs is 5. The molecule has 6 fully saturated rings. The molecule has 2 aliphatic heterocycles. The van der Waals surface area contributed by atoms with Crippen molar-refractivity contribution in [2.24, 2.45) is 45.3 Å². The van der Waals surface area contributed by atoms with Gasteiger partial charge in [0.1, 0.15) is 12.2 Å². The van der Waals surface area contributed by atoms with Crippen LogP contribution in [0.15, 0.2) is 11.6 Å². The first kappa shape index (κ1) is 27.1. The van der Waals surface area contributed by atoms with Crippen LogP contribution in [0.1, 0.15) is 93.4 Å². The van der Waals surface area contributed by atoms with Crippen molar-refractivity contribution in [3.8, 4) is 0 Å². The van der Waals surface area contributed by atoms with E-state index in [4.69, 9.17) is 4.74 Å². The highest BCUT2D eigenvalue weighted by molar-refractivity contribution is 5.25. The first-order valence-electron chi connectivity index (χ1n) is 14.3. The van der Waals surface area contributed by atoms with Gasteiger partial charge >= 0.3 is 0 Å². The van der Waals surface area contributed by atoms with Gasteiger partial charge in [0.2, 0.25) is 0 Å². The molecule has 6 heteroatoms. The molecule has 6 aliphatic rings. The Morgan fingerprint density at radius 2 is 1.64 bits per heavy atom. The van der Waals surface area contributed by atoms with Crippen molar-refractivity contribution in [2.75, 3.05) is 6.61 Å². The van der Waals surface area contributed by atoms with E-state index < -0.39 is 29.7 Å². The van der Waals surface area contributed by atoms with Gasteiger partial charge in [-0.1, -0.05) is 39.3 Å². The minimum atomic E-state index is -1.39. The average Bonchev–Trinajstić information content (AvgIpc) is 3.11. The molecular formula is C30H50O6. The summed E-state index contributed by atoms with van der Waals surface area (Å²) in [5.41, 5.74) is -0.779. The van der Waals surface area contributed by atoms with Crippen LogP contribution in [0.5, 0.6) is 0 Å². The predicted octanol–water partition coefficient (Wildman–Crippen LogP) is 3.78. The number of rotatable bonds is 4. The molecule has 4 aliphatic carbocycles. The van der Waals surface area contributed by atoms with Crippen molar-refractivity contribution in [3.63, 3.8) is 0 Å². The second kappa shape index (κ2) is 8.02. The smallest absolute Gasteiger partial charge is 0.170 e. The van der Waals surface area contributed by atoms with E-state index >= 15 is 0 Å². The largest absolute Gasteiger partial charge is 0.393 e. The third kappa shape index (κ3) is 3.30. The van der Waals surface area contributed by atoms with E-state index in [9.17, 15) is 25.5 Å². The van der Waals surface area contributed by atoms with Crippen molar-refractivity contribution < 1.29 is 30.3 Å². The molecule has 1 spiro atoms. The van der Waals surface area contributed by atoms with Crippen LogP contribution in [-0.2, 0) is 4.74 Å². The SMILES string of the molecule is C/C(=C\C(O)C(O)C(C)(C)O)[C@H]1CC[C@]2(C)[C@@H]1C[C@@H](O)[C@@H]1[C@]34CC[C@](O)(OC3)C(C)(C)[C@@H]4CC[C@]12C. The molecule has 11 atom stereocenters. The van der Waals surface area contributed by atoms with Gasteiger partial charge in [0.05, 0.1) is 18.3 Å². The number of aliphatic hydroxyl groups is 5. The zero-order valence-electron chi connectivity index (χ0n) is 23.4.